The molecule has 2 amide bonds. The highest BCUT2D eigenvalue weighted by Crippen LogP contribution is 2.33. The van der Waals surface area contributed by atoms with E-state index >= 15 is 0 Å². The first kappa shape index (κ1) is 27.6. The fraction of sp³-hybridized carbons (Fsp3) is 0.542. The van der Waals surface area contributed by atoms with Gasteiger partial charge in [0.2, 0.25) is 0 Å². The molecule has 2 heterocycles. The quantitative estimate of drug-likeness (QED) is 0.278. The van der Waals surface area contributed by atoms with Gasteiger partial charge in [0, 0.05) is 31.5 Å². The third kappa shape index (κ3) is 7.26. The molecule has 9 nitrogen and oxygen atoms in total. The minimum Gasteiger partial charge on any atom is -0.444 e. The number of nitrogens with zero attached hydrogens (tertiary/aromatic N) is 3. The van der Waals surface area contributed by atoms with Crippen LogP contribution in [0.4, 0.5) is 13.6 Å². The lowest BCUT2D eigenvalue weighted by Gasteiger charge is -2.33. The zero-order chi connectivity index (χ0) is 26.5. The number of nitrogens with one attached hydrogen (secondary N) is 1. The standard InChI is InChI=1S/C24H31BF2N4O5/c1-23(2,31-11-9-24(26,27)16-31)13-18(14-28)21(32)30-10-8-19(15-30)36-22(33)29-20(25(34)35)12-17-6-4-3-5-7-17/h3-7,13,19-20,34-35H,8-12,15-16H2,1-2H3,(H,29,33)/b18-13+/t19-,20+/m1/s1. The van der Waals surface area contributed by atoms with E-state index in [1.54, 1.807) is 43.0 Å². The summed E-state index contributed by atoms with van der Waals surface area (Å²) in [5.41, 5.74) is -0.286. The number of alkyl halides is 2. The summed E-state index contributed by atoms with van der Waals surface area (Å²) in [6, 6.07) is 10.9. The zero-order valence-corrected chi connectivity index (χ0v) is 20.4. The Morgan fingerprint density at radius 2 is 2.03 bits per heavy atom. The summed E-state index contributed by atoms with van der Waals surface area (Å²) in [5.74, 6) is -4.35. The molecule has 1 aromatic rings. The number of hydrogen-bond donors (Lipinski definition) is 3. The summed E-state index contributed by atoms with van der Waals surface area (Å²) in [7, 11) is -1.80. The van der Waals surface area contributed by atoms with Gasteiger partial charge in [-0.3, -0.25) is 9.69 Å². The third-order valence-corrected chi connectivity index (χ3v) is 6.50. The van der Waals surface area contributed by atoms with Gasteiger partial charge in [0.25, 0.3) is 11.8 Å². The molecule has 2 fully saturated rings. The fourth-order valence-electron chi connectivity index (χ4n) is 4.43. The van der Waals surface area contributed by atoms with Gasteiger partial charge in [-0.1, -0.05) is 30.3 Å². The smallest absolute Gasteiger partial charge is 0.444 e. The maximum absolute atomic E-state index is 13.7. The molecule has 2 saturated heterocycles. The van der Waals surface area contributed by atoms with Gasteiger partial charge < -0.3 is 25.0 Å². The molecule has 0 bridgehead atoms. The van der Waals surface area contributed by atoms with Gasteiger partial charge in [0.05, 0.1) is 19.0 Å². The molecule has 0 unspecified atom stereocenters. The van der Waals surface area contributed by atoms with Gasteiger partial charge in [-0.25, -0.2) is 13.6 Å². The normalized spacial score (nSPS) is 21.1. The van der Waals surface area contributed by atoms with Crippen LogP contribution in [0, 0.1) is 11.3 Å². The molecule has 1 aromatic carbocycles. The maximum Gasteiger partial charge on any atom is 0.475 e. The van der Waals surface area contributed by atoms with Crippen molar-refractivity contribution in [3.63, 3.8) is 0 Å². The Labute approximate surface area is 209 Å². The van der Waals surface area contributed by atoms with Crippen LogP contribution in [0.15, 0.2) is 42.0 Å². The summed E-state index contributed by atoms with van der Waals surface area (Å²) in [4.78, 5) is 28.2. The van der Waals surface area contributed by atoms with E-state index in [-0.39, 0.29) is 38.0 Å². The Morgan fingerprint density at radius 3 is 2.61 bits per heavy atom. The van der Waals surface area contributed by atoms with Crippen molar-refractivity contribution in [2.75, 3.05) is 26.2 Å². The number of ether oxygens (including phenoxy) is 1. The molecule has 2 aliphatic rings. The molecule has 0 saturated carbocycles. The second kappa shape index (κ2) is 11.4. The van der Waals surface area contributed by atoms with E-state index in [9.17, 15) is 33.7 Å². The van der Waals surface area contributed by atoms with Crippen LogP contribution in [0.1, 0.15) is 32.3 Å². The molecule has 194 valence electrons. The monoisotopic (exact) mass is 504 g/mol. The van der Waals surface area contributed by atoms with E-state index in [4.69, 9.17) is 4.74 Å². The second-order valence-corrected chi connectivity index (χ2v) is 9.77. The predicted octanol–water partition coefficient (Wildman–Crippen LogP) is 1.51. The van der Waals surface area contributed by atoms with Crippen LogP contribution < -0.4 is 5.32 Å². The lowest BCUT2D eigenvalue weighted by atomic mass is 9.76. The van der Waals surface area contributed by atoms with Gasteiger partial charge in [-0.2, -0.15) is 5.26 Å². The average molecular weight is 504 g/mol. The summed E-state index contributed by atoms with van der Waals surface area (Å²) >= 11 is 0. The Balaban J connectivity index is 1.56. The number of hydrogen-bond acceptors (Lipinski definition) is 7. The number of halogens is 2. The lowest BCUT2D eigenvalue weighted by Crippen LogP contribution is -2.48. The first-order chi connectivity index (χ1) is 16.9. The van der Waals surface area contributed by atoms with E-state index in [0.29, 0.717) is 6.42 Å². The summed E-state index contributed by atoms with van der Waals surface area (Å²) < 4.78 is 32.7. The number of benzene rings is 1. The van der Waals surface area contributed by atoms with Crippen LogP contribution in [-0.2, 0) is 16.0 Å². The molecule has 0 aliphatic carbocycles. The van der Waals surface area contributed by atoms with Crippen LogP contribution in [0.5, 0.6) is 0 Å². The van der Waals surface area contributed by atoms with Crippen LogP contribution in [0.3, 0.4) is 0 Å². The van der Waals surface area contributed by atoms with Gasteiger partial charge in [0.15, 0.2) is 0 Å². The number of likely N-dealkylation sites (tertiary alicyclic amines) is 2. The van der Waals surface area contributed by atoms with Gasteiger partial charge in [-0.05, 0) is 31.9 Å². The molecule has 3 rings (SSSR count). The summed E-state index contributed by atoms with van der Waals surface area (Å²) in [5, 5.41) is 31.3. The van der Waals surface area contributed by atoms with E-state index in [0.717, 1.165) is 5.56 Å². The van der Waals surface area contributed by atoms with Crippen molar-refractivity contribution in [2.24, 2.45) is 0 Å². The molecule has 12 heteroatoms. The maximum atomic E-state index is 13.7. The number of carbonyl (C=O) groups excluding carboxylic acids is 2. The highest BCUT2D eigenvalue weighted by atomic mass is 19.3. The Morgan fingerprint density at radius 1 is 1.33 bits per heavy atom. The average Bonchev–Trinajstić information content (AvgIpc) is 3.43. The lowest BCUT2D eigenvalue weighted by molar-refractivity contribution is -0.126. The van der Waals surface area contributed by atoms with Gasteiger partial charge in [-0.15, -0.1) is 0 Å². The first-order valence-electron chi connectivity index (χ1n) is 11.8. The molecule has 3 N–H and O–H groups in total. The largest absolute Gasteiger partial charge is 0.475 e. The van der Waals surface area contributed by atoms with Crippen molar-refractivity contribution < 1.29 is 33.2 Å². The first-order valence-corrected chi connectivity index (χ1v) is 11.8. The highest BCUT2D eigenvalue weighted by molar-refractivity contribution is 6.43. The molecule has 0 aromatic heterocycles. The van der Waals surface area contributed by atoms with Crippen molar-refractivity contribution in [3.05, 3.63) is 47.5 Å². The number of nitriles is 1. The van der Waals surface area contributed by atoms with E-state index in [1.807, 2.05) is 12.1 Å². The molecule has 0 radical (unpaired) electrons. The SMILES string of the molecule is CC(C)(/C=C(\C#N)C(=O)N1CC[C@@H](OC(=O)N[C@@H](Cc2ccccc2)B(O)O)C1)N1CCC(F)(F)C1. The fourth-order valence-corrected chi connectivity index (χ4v) is 4.43. The Kier molecular flexibility index (Phi) is 8.71. The van der Waals surface area contributed by atoms with E-state index in [1.165, 1.54) is 11.0 Å². The van der Waals surface area contributed by atoms with Crippen molar-refractivity contribution in [3.8, 4) is 6.07 Å². The van der Waals surface area contributed by atoms with Crippen molar-refractivity contribution in [1.82, 2.24) is 15.1 Å². The van der Waals surface area contributed by atoms with Crippen LogP contribution in [0.25, 0.3) is 0 Å². The molecular weight excluding hydrogens is 473 g/mol. The molecular formula is C24H31BF2N4O5. The molecule has 0 spiro atoms. The van der Waals surface area contributed by atoms with Crippen LogP contribution in [-0.4, -0.2) is 88.7 Å². The molecule has 2 aliphatic heterocycles. The van der Waals surface area contributed by atoms with Crippen molar-refractivity contribution in [2.45, 2.75) is 56.6 Å². The zero-order valence-electron chi connectivity index (χ0n) is 20.4. The summed E-state index contributed by atoms with van der Waals surface area (Å²) in [6.07, 6.45) is 0.159. The number of alkyl carbamates (subject to hydrolysis) is 1. The number of amides is 2. The van der Waals surface area contributed by atoms with Crippen molar-refractivity contribution >= 4 is 19.1 Å². The Hall–Kier alpha value is -3.01. The third-order valence-electron chi connectivity index (χ3n) is 6.50. The van der Waals surface area contributed by atoms with Gasteiger partial charge in [0.1, 0.15) is 17.7 Å². The number of rotatable bonds is 8. The van der Waals surface area contributed by atoms with E-state index < -0.39 is 49.2 Å². The minimum absolute atomic E-state index is 0.0541. The Bertz CT molecular complexity index is 1020. The van der Waals surface area contributed by atoms with Crippen molar-refractivity contribution in [1.29, 1.82) is 5.26 Å². The topological polar surface area (TPSA) is 126 Å². The van der Waals surface area contributed by atoms with Crippen LogP contribution >= 0.6 is 0 Å². The minimum atomic E-state index is -2.80. The van der Waals surface area contributed by atoms with Crippen LogP contribution in [0.2, 0.25) is 0 Å². The molecule has 2 atom stereocenters. The highest BCUT2D eigenvalue weighted by Gasteiger charge is 2.43. The second-order valence-electron chi connectivity index (χ2n) is 9.77. The molecule has 36 heavy (non-hydrogen) atoms. The van der Waals surface area contributed by atoms with Gasteiger partial charge >= 0.3 is 13.2 Å². The van der Waals surface area contributed by atoms with E-state index in [2.05, 4.69) is 5.32 Å². The number of carbonyl (C=O) groups is 2. The summed E-state index contributed by atoms with van der Waals surface area (Å²) in [6.45, 7) is 3.38. The predicted molar refractivity (Wildman–Crippen MR) is 128 cm³/mol.